The lowest BCUT2D eigenvalue weighted by Crippen LogP contribution is -2.36. The summed E-state index contributed by atoms with van der Waals surface area (Å²) in [5.41, 5.74) is -1.14. The van der Waals surface area contributed by atoms with Gasteiger partial charge in [-0.2, -0.15) is 0 Å². The number of anilines is 1. The van der Waals surface area contributed by atoms with Gasteiger partial charge in [-0.05, 0) is 37.9 Å². The van der Waals surface area contributed by atoms with Crippen molar-refractivity contribution in [2.75, 3.05) is 5.32 Å². The summed E-state index contributed by atoms with van der Waals surface area (Å²) in [4.78, 5) is 33.6. The lowest BCUT2D eigenvalue weighted by Gasteiger charge is -2.18. The van der Waals surface area contributed by atoms with Crippen LogP contribution >= 0.6 is 31.9 Å². The average molecular weight is 393 g/mol. The van der Waals surface area contributed by atoms with Crippen LogP contribution in [-0.2, 0) is 4.79 Å². The van der Waals surface area contributed by atoms with Crippen LogP contribution in [0.25, 0.3) is 0 Å². The van der Waals surface area contributed by atoms with E-state index in [1.54, 1.807) is 0 Å². The molecule has 1 aromatic carbocycles. The molecule has 0 spiro atoms. The molecule has 0 bridgehead atoms. The smallest absolute Gasteiger partial charge is 0.298 e. The summed E-state index contributed by atoms with van der Waals surface area (Å²) >= 11 is 5.94. The number of benzene rings is 1. The predicted octanol–water partition coefficient (Wildman–Crippen LogP) is 2.08. The molecule has 10 heteroatoms. The van der Waals surface area contributed by atoms with Crippen LogP contribution in [0.5, 0.6) is 0 Å². The Labute approximate surface area is 121 Å². The number of Topliss-reactive ketones (excluding diaryl/α,β-unsaturated/α-hetero) is 1. The summed E-state index contributed by atoms with van der Waals surface area (Å²) < 4.78 is -0.00589. The largest absolute Gasteiger partial charge is 0.410 e. The average Bonchev–Trinajstić information content (AvgIpc) is 2.27. The van der Waals surface area contributed by atoms with Crippen molar-refractivity contribution in [2.24, 2.45) is 5.16 Å². The minimum absolute atomic E-state index is 0.0896. The summed E-state index contributed by atoms with van der Waals surface area (Å²) in [5, 5.41) is 24.5. The first-order valence-electron chi connectivity index (χ1n) is 4.63. The molecule has 2 rings (SSSR count). The Morgan fingerprint density at radius 2 is 2.00 bits per heavy atom. The maximum atomic E-state index is 11.9. The number of ketones is 1. The zero-order valence-corrected chi connectivity index (χ0v) is 12.0. The number of rotatable bonds is 1. The molecule has 0 radical (unpaired) electrons. The highest BCUT2D eigenvalue weighted by Gasteiger charge is 2.36. The molecule has 2 N–H and O–H groups in total. The van der Waals surface area contributed by atoms with Crippen LogP contribution in [0.4, 0.5) is 11.4 Å². The molecule has 98 valence electrons. The third kappa shape index (κ3) is 2.02. The fraction of sp³-hybridized carbons (Fsp3) is 0. The standard InChI is InChI=1S/C9H3Br2N3O5/c10-2-1-3-4(5(11)7(2)14(18)19)8(15)6(13-17)9(16)12-3/h1,17H,(H,12,16)/b13-6-. The zero-order chi connectivity index (χ0) is 14.3. The van der Waals surface area contributed by atoms with Gasteiger partial charge in [0.05, 0.1) is 20.6 Å². The maximum absolute atomic E-state index is 11.9. The minimum atomic E-state index is -0.899. The summed E-state index contributed by atoms with van der Waals surface area (Å²) in [6.45, 7) is 0. The van der Waals surface area contributed by atoms with E-state index in [9.17, 15) is 19.7 Å². The SMILES string of the molecule is O=C1Nc2cc(Br)c([N+](=O)[O-])c(Br)c2C(=O)/C1=N/O. The van der Waals surface area contributed by atoms with E-state index >= 15 is 0 Å². The number of carbonyl (C=O) groups is 2. The van der Waals surface area contributed by atoms with Crippen LogP contribution in [0, 0.1) is 10.1 Å². The van der Waals surface area contributed by atoms with Crippen molar-refractivity contribution in [3.05, 3.63) is 30.7 Å². The number of amides is 1. The molecule has 8 nitrogen and oxygen atoms in total. The Morgan fingerprint density at radius 1 is 1.37 bits per heavy atom. The van der Waals surface area contributed by atoms with Gasteiger partial charge < -0.3 is 10.5 Å². The van der Waals surface area contributed by atoms with Crippen molar-refractivity contribution in [1.82, 2.24) is 0 Å². The lowest BCUT2D eigenvalue weighted by atomic mass is 9.99. The van der Waals surface area contributed by atoms with E-state index in [0.717, 1.165) is 0 Å². The first-order chi connectivity index (χ1) is 8.88. The Balaban J connectivity index is 2.79. The monoisotopic (exact) mass is 391 g/mol. The third-order valence-corrected chi connectivity index (χ3v) is 3.76. The van der Waals surface area contributed by atoms with E-state index in [1.807, 2.05) is 0 Å². The van der Waals surface area contributed by atoms with Crippen LogP contribution in [0.2, 0.25) is 0 Å². The second kappa shape index (κ2) is 4.70. The molecule has 19 heavy (non-hydrogen) atoms. The third-order valence-electron chi connectivity index (χ3n) is 2.38. The molecule has 0 aromatic heterocycles. The summed E-state index contributed by atoms with van der Waals surface area (Å²) in [6, 6.07) is 1.24. The molecule has 1 heterocycles. The van der Waals surface area contributed by atoms with E-state index in [0.29, 0.717) is 0 Å². The van der Waals surface area contributed by atoms with Gasteiger partial charge in [0.25, 0.3) is 11.6 Å². The van der Waals surface area contributed by atoms with E-state index in [4.69, 9.17) is 5.21 Å². The second-order valence-corrected chi connectivity index (χ2v) is 5.08. The van der Waals surface area contributed by atoms with E-state index in [-0.39, 0.29) is 25.9 Å². The van der Waals surface area contributed by atoms with Crippen molar-refractivity contribution in [3.63, 3.8) is 0 Å². The summed E-state index contributed by atoms with van der Waals surface area (Å²) in [7, 11) is 0. The lowest BCUT2D eigenvalue weighted by molar-refractivity contribution is -0.386. The van der Waals surface area contributed by atoms with E-state index in [2.05, 4.69) is 42.3 Å². The topological polar surface area (TPSA) is 122 Å². The molecule has 0 atom stereocenters. The van der Waals surface area contributed by atoms with Gasteiger partial charge in [0, 0.05) is 0 Å². The molecular formula is C9H3Br2N3O5. The number of oxime groups is 1. The molecule has 0 fully saturated rings. The number of carbonyl (C=O) groups excluding carboxylic acids is 2. The molecule has 0 saturated heterocycles. The Morgan fingerprint density at radius 3 is 2.53 bits per heavy atom. The van der Waals surface area contributed by atoms with Crippen LogP contribution in [0.1, 0.15) is 10.4 Å². The number of nitro benzene ring substituents is 1. The van der Waals surface area contributed by atoms with Gasteiger partial charge in [-0.3, -0.25) is 19.7 Å². The molecule has 0 aliphatic carbocycles. The normalized spacial score (nSPS) is 16.2. The first kappa shape index (κ1) is 13.6. The van der Waals surface area contributed by atoms with Gasteiger partial charge in [0.1, 0.15) is 4.47 Å². The molecule has 1 amide bonds. The van der Waals surface area contributed by atoms with Crippen molar-refractivity contribution >= 4 is 60.6 Å². The first-order valence-corrected chi connectivity index (χ1v) is 6.21. The fourth-order valence-electron chi connectivity index (χ4n) is 1.59. The van der Waals surface area contributed by atoms with Crippen molar-refractivity contribution in [1.29, 1.82) is 0 Å². The van der Waals surface area contributed by atoms with Gasteiger partial charge in [-0.1, -0.05) is 5.16 Å². The quantitative estimate of drug-likeness (QED) is 0.430. The Hall–Kier alpha value is -1.81. The summed E-state index contributed by atoms with van der Waals surface area (Å²) in [5.74, 6) is -1.78. The van der Waals surface area contributed by atoms with Gasteiger partial charge >= 0.3 is 0 Å². The van der Waals surface area contributed by atoms with Crippen LogP contribution < -0.4 is 5.32 Å². The Bertz CT molecular complexity index is 670. The van der Waals surface area contributed by atoms with Crippen LogP contribution in [0.3, 0.4) is 0 Å². The zero-order valence-electron chi connectivity index (χ0n) is 8.81. The van der Waals surface area contributed by atoms with Crippen molar-refractivity contribution < 1.29 is 19.7 Å². The van der Waals surface area contributed by atoms with Crippen molar-refractivity contribution in [3.8, 4) is 0 Å². The number of nitrogens with zero attached hydrogens (tertiary/aromatic N) is 2. The highest BCUT2D eigenvalue weighted by molar-refractivity contribution is 9.11. The van der Waals surface area contributed by atoms with Gasteiger partial charge in [-0.15, -0.1) is 0 Å². The molecule has 0 unspecified atom stereocenters. The van der Waals surface area contributed by atoms with Gasteiger partial charge in [0.15, 0.2) is 0 Å². The number of hydrogen-bond donors (Lipinski definition) is 2. The molecular weight excluding hydrogens is 390 g/mol. The highest BCUT2D eigenvalue weighted by Crippen LogP contribution is 2.41. The second-order valence-electron chi connectivity index (χ2n) is 3.43. The number of nitro groups is 1. The number of hydrogen-bond acceptors (Lipinski definition) is 6. The van der Waals surface area contributed by atoms with Crippen LogP contribution in [0.15, 0.2) is 20.2 Å². The predicted molar refractivity (Wildman–Crippen MR) is 70.7 cm³/mol. The van der Waals surface area contributed by atoms with Gasteiger partial charge in [0.2, 0.25) is 11.5 Å². The van der Waals surface area contributed by atoms with Gasteiger partial charge in [-0.25, -0.2) is 0 Å². The Kier molecular flexibility index (Phi) is 3.37. The van der Waals surface area contributed by atoms with E-state index in [1.165, 1.54) is 6.07 Å². The maximum Gasteiger partial charge on any atom is 0.298 e. The number of fused-ring (bicyclic) bond motifs is 1. The number of halogens is 2. The number of nitrogens with one attached hydrogen (secondary N) is 1. The van der Waals surface area contributed by atoms with E-state index < -0.39 is 22.3 Å². The highest BCUT2D eigenvalue weighted by atomic mass is 79.9. The minimum Gasteiger partial charge on any atom is -0.410 e. The fourth-order valence-corrected chi connectivity index (χ4v) is 3.18. The molecule has 0 saturated carbocycles. The molecule has 1 aromatic rings. The summed E-state index contributed by atoms with van der Waals surface area (Å²) in [6.07, 6.45) is 0. The molecule has 1 aliphatic rings. The van der Waals surface area contributed by atoms with Crippen molar-refractivity contribution in [2.45, 2.75) is 0 Å². The van der Waals surface area contributed by atoms with Crippen LogP contribution in [-0.4, -0.2) is 27.5 Å². The molecule has 1 aliphatic heterocycles.